The Morgan fingerprint density at radius 2 is 1.73 bits per heavy atom. The maximum Gasteiger partial charge on any atom is 0.277 e. The fourth-order valence-electron chi connectivity index (χ4n) is 1.58. The van der Waals surface area contributed by atoms with Gasteiger partial charge in [0, 0.05) is 37.6 Å². The van der Waals surface area contributed by atoms with Crippen molar-refractivity contribution in [2.45, 2.75) is 26.7 Å². The van der Waals surface area contributed by atoms with Crippen LogP contribution in [0.25, 0.3) is 0 Å². The van der Waals surface area contributed by atoms with Gasteiger partial charge in [0.05, 0.1) is 6.61 Å². The summed E-state index contributed by atoms with van der Waals surface area (Å²) in [4.78, 5) is 50.1. The molecule has 0 atom stereocenters. The SMILES string of the molecule is CC(C)C(=O)NCCNC(=O)CCCON1C(=O)C=CC1=O. The van der Waals surface area contributed by atoms with E-state index in [1.165, 1.54) is 0 Å². The summed E-state index contributed by atoms with van der Waals surface area (Å²) in [5.41, 5.74) is 0. The molecule has 8 nitrogen and oxygen atoms in total. The highest BCUT2D eigenvalue weighted by Crippen LogP contribution is 2.05. The van der Waals surface area contributed by atoms with E-state index >= 15 is 0 Å². The van der Waals surface area contributed by atoms with Crippen molar-refractivity contribution < 1.29 is 24.0 Å². The fraction of sp³-hybridized carbons (Fsp3) is 0.571. The lowest BCUT2D eigenvalue weighted by molar-refractivity contribution is -0.185. The zero-order valence-electron chi connectivity index (χ0n) is 12.8. The van der Waals surface area contributed by atoms with Crippen LogP contribution in [0.2, 0.25) is 0 Å². The molecular formula is C14H21N3O5. The molecular weight excluding hydrogens is 290 g/mol. The normalized spacial score (nSPS) is 13.9. The molecule has 1 rings (SSSR count). The lowest BCUT2D eigenvalue weighted by Gasteiger charge is -2.13. The van der Waals surface area contributed by atoms with Crippen molar-refractivity contribution in [1.82, 2.24) is 15.7 Å². The van der Waals surface area contributed by atoms with Crippen LogP contribution in [0.5, 0.6) is 0 Å². The molecule has 0 aromatic carbocycles. The third kappa shape index (κ3) is 6.04. The van der Waals surface area contributed by atoms with E-state index in [9.17, 15) is 19.2 Å². The number of imide groups is 1. The van der Waals surface area contributed by atoms with Gasteiger partial charge in [-0.2, -0.15) is 0 Å². The van der Waals surface area contributed by atoms with Gasteiger partial charge in [0.1, 0.15) is 0 Å². The molecule has 0 aliphatic carbocycles. The van der Waals surface area contributed by atoms with Crippen molar-refractivity contribution in [2.75, 3.05) is 19.7 Å². The first-order chi connectivity index (χ1) is 10.4. The van der Waals surface area contributed by atoms with E-state index in [-0.39, 0.29) is 30.8 Å². The van der Waals surface area contributed by atoms with Crippen LogP contribution in [0.4, 0.5) is 0 Å². The molecule has 1 heterocycles. The Hall–Kier alpha value is -2.22. The summed E-state index contributed by atoms with van der Waals surface area (Å²) < 4.78 is 0. The van der Waals surface area contributed by atoms with Gasteiger partial charge in [0.15, 0.2) is 0 Å². The number of rotatable bonds is 9. The third-order valence-electron chi connectivity index (χ3n) is 2.81. The smallest absolute Gasteiger partial charge is 0.277 e. The highest BCUT2D eigenvalue weighted by Gasteiger charge is 2.24. The van der Waals surface area contributed by atoms with Crippen LogP contribution in [-0.2, 0) is 24.0 Å². The van der Waals surface area contributed by atoms with Gasteiger partial charge in [-0.3, -0.25) is 24.0 Å². The molecule has 0 radical (unpaired) electrons. The van der Waals surface area contributed by atoms with Crippen LogP contribution >= 0.6 is 0 Å². The maximum atomic E-state index is 11.5. The molecule has 0 unspecified atom stereocenters. The molecule has 0 fully saturated rings. The van der Waals surface area contributed by atoms with E-state index in [0.29, 0.717) is 24.6 Å². The van der Waals surface area contributed by atoms with Gasteiger partial charge in [-0.15, -0.1) is 5.06 Å². The van der Waals surface area contributed by atoms with E-state index in [4.69, 9.17) is 4.84 Å². The summed E-state index contributed by atoms with van der Waals surface area (Å²) in [6.07, 6.45) is 2.84. The van der Waals surface area contributed by atoms with Gasteiger partial charge in [0.25, 0.3) is 11.8 Å². The summed E-state index contributed by atoms with van der Waals surface area (Å²) >= 11 is 0. The van der Waals surface area contributed by atoms with Crippen molar-refractivity contribution >= 4 is 23.6 Å². The Morgan fingerprint density at radius 1 is 1.14 bits per heavy atom. The fourth-order valence-corrected chi connectivity index (χ4v) is 1.58. The highest BCUT2D eigenvalue weighted by atomic mass is 16.7. The largest absolute Gasteiger partial charge is 0.354 e. The number of hydrogen-bond donors (Lipinski definition) is 2. The number of carbonyl (C=O) groups excluding carboxylic acids is 4. The Morgan fingerprint density at radius 3 is 2.32 bits per heavy atom. The Bertz CT molecular complexity index is 455. The molecule has 0 spiro atoms. The topological polar surface area (TPSA) is 105 Å². The van der Waals surface area contributed by atoms with Crippen LogP contribution in [0.1, 0.15) is 26.7 Å². The van der Waals surface area contributed by atoms with Crippen LogP contribution in [0.3, 0.4) is 0 Å². The number of hydrogen-bond acceptors (Lipinski definition) is 5. The number of nitrogens with zero attached hydrogens (tertiary/aromatic N) is 1. The molecule has 0 saturated carbocycles. The lowest BCUT2D eigenvalue weighted by atomic mass is 10.2. The summed E-state index contributed by atoms with van der Waals surface area (Å²) in [6, 6.07) is 0. The zero-order chi connectivity index (χ0) is 16.5. The average Bonchev–Trinajstić information content (AvgIpc) is 2.79. The monoisotopic (exact) mass is 311 g/mol. The van der Waals surface area contributed by atoms with E-state index in [2.05, 4.69) is 10.6 Å². The van der Waals surface area contributed by atoms with Gasteiger partial charge in [0.2, 0.25) is 11.8 Å². The maximum absolute atomic E-state index is 11.5. The van der Waals surface area contributed by atoms with Crippen molar-refractivity contribution in [2.24, 2.45) is 5.92 Å². The van der Waals surface area contributed by atoms with Crippen molar-refractivity contribution in [3.05, 3.63) is 12.2 Å². The molecule has 0 saturated heterocycles. The standard InChI is InChI=1S/C14H21N3O5/c1-10(2)14(21)16-8-7-15-11(18)4-3-9-22-17-12(19)5-6-13(17)20/h5-6,10H,3-4,7-9H2,1-2H3,(H,15,18)(H,16,21). The Balaban J connectivity index is 2.03. The first kappa shape index (κ1) is 17.8. The summed E-state index contributed by atoms with van der Waals surface area (Å²) in [5, 5.41) is 6.00. The highest BCUT2D eigenvalue weighted by molar-refractivity contribution is 6.11. The molecule has 22 heavy (non-hydrogen) atoms. The summed E-state index contributed by atoms with van der Waals surface area (Å²) in [5.74, 6) is -1.36. The van der Waals surface area contributed by atoms with Crippen LogP contribution < -0.4 is 10.6 Å². The number of carbonyl (C=O) groups is 4. The summed E-state index contributed by atoms with van der Waals surface area (Å²) in [6.45, 7) is 4.40. The second-order valence-electron chi connectivity index (χ2n) is 5.04. The number of hydroxylamine groups is 2. The first-order valence-electron chi connectivity index (χ1n) is 7.15. The van der Waals surface area contributed by atoms with Crippen molar-refractivity contribution in [3.63, 3.8) is 0 Å². The summed E-state index contributed by atoms with van der Waals surface area (Å²) in [7, 11) is 0. The van der Waals surface area contributed by atoms with E-state index in [1.807, 2.05) is 0 Å². The van der Waals surface area contributed by atoms with Gasteiger partial charge < -0.3 is 10.6 Å². The third-order valence-corrected chi connectivity index (χ3v) is 2.81. The molecule has 4 amide bonds. The molecule has 0 aromatic heterocycles. The Labute approximate surface area is 128 Å². The molecule has 2 N–H and O–H groups in total. The molecule has 1 aliphatic heterocycles. The van der Waals surface area contributed by atoms with Gasteiger partial charge >= 0.3 is 0 Å². The van der Waals surface area contributed by atoms with E-state index in [1.54, 1.807) is 13.8 Å². The number of nitrogens with one attached hydrogen (secondary N) is 2. The molecule has 8 heteroatoms. The predicted octanol–water partition coefficient (Wildman–Crippen LogP) is -0.488. The number of amides is 4. The molecule has 122 valence electrons. The molecule has 1 aliphatic rings. The van der Waals surface area contributed by atoms with E-state index < -0.39 is 11.8 Å². The van der Waals surface area contributed by atoms with Crippen LogP contribution in [-0.4, -0.2) is 48.4 Å². The second kappa shape index (κ2) is 8.93. The lowest BCUT2D eigenvalue weighted by Crippen LogP contribution is -2.36. The van der Waals surface area contributed by atoms with E-state index in [0.717, 1.165) is 12.2 Å². The molecule has 0 aromatic rings. The second-order valence-corrected chi connectivity index (χ2v) is 5.04. The van der Waals surface area contributed by atoms with Crippen molar-refractivity contribution in [1.29, 1.82) is 0 Å². The van der Waals surface area contributed by atoms with Gasteiger partial charge in [-0.25, -0.2) is 0 Å². The molecule has 0 bridgehead atoms. The zero-order valence-corrected chi connectivity index (χ0v) is 12.8. The average molecular weight is 311 g/mol. The quantitative estimate of drug-likeness (QED) is 0.442. The van der Waals surface area contributed by atoms with Crippen LogP contribution in [0, 0.1) is 5.92 Å². The Kier molecular flexibility index (Phi) is 7.24. The van der Waals surface area contributed by atoms with Crippen LogP contribution in [0.15, 0.2) is 12.2 Å². The van der Waals surface area contributed by atoms with Crippen molar-refractivity contribution in [3.8, 4) is 0 Å². The predicted molar refractivity (Wildman–Crippen MR) is 77.0 cm³/mol. The van der Waals surface area contributed by atoms with Gasteiger partial charge in [-0.1, -0.05) is 13.8 Å². The van der Waals surface area contributed by atoms with Gasteiger partial charge in [-0.05, 0) is 6.42 Å². The minimum absolute atomic E-state index is 0.0591. The minimum atomic E-state index is -0.518. The minimum Gasteiger partial charge on any atom is -0.354 e. The first-order valence-corrected chi connectivity index (χ1v) is 7.15.